The van der Waals surface area contributed by atoms with E-state index in [1.165, 1.54) is 26.3 Å². The summed E-state index contributed by atoms with van der Waals surface area (Å²) in [7, 11) is 2.90. The fourth-order valence-electron chi connectivity index (χ4n) is 2.02. The van der Waals surface area contributed by atoms with Gasteiger partial charge in [0.2, 0.25) is 0 Å². The maximum atomic E-state index is 11.7. The van der Waals surface area contributed by atoms with Gasteiger partial charge in [0, 0.05) is 37.4 Å². The van der Waals surface area contributed by atoms with E-state index in [-0.39, 0.29) is 5.69 Å². The Kier molecular flexibility index (Phi) is 6.30. The number of benzene rings is 2. The highest BCUT2D eigenvalue weighted by Crippen LogP contribution is 2.18. The van der Waals surface area contributed by atoms with Crippen LogP contribution >= 0.6 is 0 Å². The van der Waals surface area contributed by atoms with E-state index in [4.69, 9.17) is 9.57 Å². The van der Waals surface area contributed by atoms with Gasteiger partial charge in [-0.05, 0) is 17.7 Å². The molecule has 0 spiro atoms. The number of anilines is 1. The lowest BCUT2D eigenvalue weighted by Gasteiger charge is -2.15. The van der Waals surface area contributed by atoms with Gasteiger partial charge in [-0.1, -0.05) is 18.2 Å². The van der Waals surface area contributed by atoms with Crippen LogP contribution in [0.4, 0.5) is 16.2 Å². The summed E-state index contributed by atoms with van der Waals surface area (Å²) in [4.78, 5) is 26.7. The topological polar surface area (TPSA) is 93.9 Å². The molecular weight excluding hydrogens is 326 g/mol. The lowest BCUT2D eigenvalue weighted by Crippen LogP contribution is -2.30. The first kappa shape index (κ1) is 18.2. The molecule has 0 aliphatic heterocycles. The van der Waals surface area contributed by atoms with E-state index in [1.54, 1.807) is 36.4 Å². The molecule has 0 heterocycles. The molecule has 0 aromatic heterocycles. The first-order valence-electron chi connectivity index (χ1n) is 7.54. The lowest BCUT2D eigenvalue weighted by atomic mass is 10.1. The maximum absolute atomic E-state index is 11.7. The Morgan fingerprint density at radius 3 is 2.60 bits per heavy atom. The monoisotopic (exact) mass is 345 g/mol. The number of nitro groups is 1. The molecule has 2 aromatic carbocycles. The Labute approximate surface area is 145 Å². The third-order valence-corrected chi connectivity index (χ3v) is 3.45. The van der Waals surface area contributed by atoms with Crippen LogP contribution in [0.15, 0.2) is 48.5 Å². The molecule has 1 N–H and O–H groups in total. The molecule has 0 saturated heterocycles. The van der Waals surface area contributed by atoms with Crippen LogP contribution in [0.2, 0.25) is 0 Å². The molecular formula is C17H19N3O5. The summed E-state index contributed by atoms with van der Waals surface area (Å²) in [6.45, 7) is 0.410. The Morgan fingerprint density at radius 2 is 1.96 bits per heavy atom. The quantitative estimate of drug-likeness (QED) is 0.614. The number of carbonyl (C=O) groups excluding carboxylic acids is 1. The Morgan fingerprint density at radius 1 is 1.24 bits per heavy atom. The van der Waals surface area contributed by atoms with Crippen molar-refractivity contribution in [2.75, 3.05) is 26.1 Å². The lowest BCUT2D eigenvalue weighted by molar-refractivity contribution is -0.384. The molecule has 0 unspecified atom stereocenters. The van der Waals surface area contributed by atoms with Crippen molar-refractivity contribution >= 4 is 17.4 Å². The number of nitrogens with zero attached hydrogens (tertiary/aromatic N) is 2. The number of urea groups is 1. The summed E-state index contributed by atoms with van der Waals surface area (Å²) in [5, 5.41) is 14.4. The summed E-state index contributed by atoms with van der Waals surface area (Å²) >= 11 is 0. The number of ether oxygens (including phenoxy) is 1. The van der Waals surface area contributed by atoms with Crippen LogP contribution in [0.3, 0.4) is 0 Å². The van der Waals surface area contributed by atoms with Crippen LogP contribution in [0.1, 0.15) is 5.56 Å². The van der Waals surface area contributed by atoms with Crippen LogP contribution in [-0.2, 0) is 11.3 Å². The minimum absolute atomic E-state index is 0.0640. The summed E-state index contributed by atoms with van der Waals surface area (Å²) in [5.74, 6) is 0.611. The van der Waals surface area contributed by atoms with Crippen molar-refractivity contribution in [3.8, 4) is 5.75 Å². The second kappa shape index (κ2) is 8.65. The van der Waals surface area contributed by atoms with E-state index < -0.39 is 11.0 Å². The van der Waals surface area contributed by atoms with Crippen molar-refractivity contribution in [2.24, 2.45) is 0 Å². The predicted octanol–water partition coefficient (Wildman–Crippen LogP) is 3.24. The van der Waals surface area contributed by atoms with Gasteiger partial charge in [-0.3, -0.25) is 15.0 Å². The second-order valence-corrected chi connectivity index (χ2v) is 5.16. The highest BCUT2D eigenvalue weighted by atomic mass is 16.7. The van der Waals surface area contributed by atoms with Crippen LogP contribution in [0, 0.1) is 10.1 Å². The zero-order valence-electron chi connectivity index (χ0n) is 14.0. The van der Waals surface area contributed by atoms with Crippen LogP contribution in [0.25, 0.3) is 0 Å². The zero-order chi connectivity index (χ0) is 18.2. The van der Waals surface area contributed by atoms with Gasteiger partial charge in [0.1, 0.15) is 5.75 Å². The molecule has 25 heavy (non-hydrogen) atoms. The highest BCUT2D eigenvalue weighted by molar-refractivity contribution is 5.88. The van der Waals surface area contributed by atoms with Crippen molar-refractivity contribution < 1.29 is 19.3 Å². The molecule has 2 aromatic rings. The van der Waals surface area contributed by atoms with Crippen molar-refractivity contribution in [1.82, 2.24) is 5.06 Å². The SMILES string of the molecule is CON(C)C(=O)Nc1cccc(OCCc2ccc([N+](=O)[O-])cc2)c1. The Balaban J connectivity index is 1.87. The number of nitro benzene ring substituents is 1. The van der Waals surface area contributed by atoms with Crippen LogP contribution in [-0.4, -0.2) is 36.8 Å². The van der Waals surface area contributed by atoms with Gasteiger partial charge in [-0.2, -0.15) is 0 Å². The number of carbonyl (C=O) groups is 1. The second-order valence-electron chi connectivity index (χ2n) is 5.16. The Hall–Kier alpha value is -3.13. The number of hydrogen-bond donors (Lipinski definition) is 1. The van der Waals surface area contributed by atoms with E-state index in [0.29, 0.717) is 24.5 Å². The first-order chi connectivity index (χ1) is 12.0. The predicted molar refractivity (Wildman–Crippen MR) is 92.5 cm³/mol. The average molecular weight is 345 g/mol. The molecule has 132 valence electrons. The number of rotatable bonds is 7. The molecule has 0 saturated carbocycles. The van der Waals surface area contributed by atoms with Gasteiger partial charge in [-0.15, -0.1) is 0 Å². The molecule has 0 fully saturated rings. The number of hydrogen-bond acceptors (Lipinski definition) is 5. The fraction of sp³-hybridized carbons (Fsp3) is 0.235. The molecule has 0 bridgehead atoms. The van der Waals surface area contributed by atoms with Gasteiger partial charge < -0.3 is 10.1 Å². The molecule has 2 rings (SSSR count). The molecule has 2 amide bonds. The summed E-state index contributed by atoms with van der Waals surface area (Å²) in [5.41, 5.74) is 1.59. The van der Waals surface area contributed by atoms with Gasteiger partial charge >= 0.3 is 6.03 Å². The molecule has 0 radical (unpaired) electrons. The first-order valence-corrected chi connectivity index (χ1v) is 7.54. The van der Waals surface area contributed by atoms with Crippen molar-refractivity contribution in [3.63, 3.8) is 0 Å². The van der Waals surface area contributed by atoms with Gasteiger partial charge in [0.05, 0.1) is 18.6 Å². The molecule has 0 aliphatic rings. The summed E-state index contributed by atoms with van der Waals surface area (Å²) < 4.78 is 5.67. The van der Waals surface area contributed by atoms with E-state index in [9.17, 15) is 14.9 Å². The fourth-order valence-corrected chi connectivity index (χ4v) is 2.02. The standard InChI is InChI=1S/C17H19N3O5/c1-19(24-2)17(21)18-14-4-3-5-16(12-14)25-11-10-13-6-8-15(9-7-13)20(22)23/h3-9,12H,10-11H2,1-2H3,(H,18,21). The van der Waals surface area contributed by atoms with Gasteiger partial charge in [0.25, 0.3) is 5.69 Å². The highest BCUT2D eigenvalue weighted by Gasteiger charge is 2.08. The van der Waals surface area contributed by atoms with Crippen LogP contribution < -0.4 is 10.1 Å². The third kappa shape index (κ3) is 5.47. The van der Waals surface area contributed by atoms with Crippen LogP contribution in [0.5, 0.6) is 5.75 Å². The molecule has 0 atom stereocenters. The number of amides is 2. The Bertz CT molecular complexity index is 733. The number of non-ortho nitro benzene ring substituents is 1. The van der Waals surface area contributed by atoms with E-state index >= 15 is 0 Å². The largest absolute Gasteiger partial charge is 0.493 e. The summed E-state index contributed by atoms with van der Waals surface area (Å²) in [6, 6.07) is 13.0. The number of nitrogens with one attached hydrogen (secondary N) is 1. The van der Waals surface area contributed by atoms with E-state index in [0.717, 1.165) is 10.6 Å². The van der Waals surface area contributed by atoms with Crippen molar-refractivity contribution in [2.45, 2.75) is 6.42 Å². The smallest absolute Gasteiger partial charge is 0.345 e. The van der Waals surface area contributed by atoms with Gasteiger partial charge in [-0.25, -0.2) is 9.86 Å². The zero-order valence-corrected chi connectivity index (χ0v) is 14.0. The molecule has 8 nitrogen and oxygen atoms in total. The average Bonchev–Trinajstić information content (AvgIpc) is 2.61. The maximum Gasteiger partial charge on any atom is 0.345 e. The number of hydroxylamine groups is 2. The minimum atomic E-state index is -0.429. The molecule has 8 heteroatoms. The molecule has 0 aliphatic carbocycles. The van der Waals surface area contributed by atoms with Gasteiger partial charge in [0.15, 0.2) is 0 Å². The van der Waals surface area contributed by atoms with E-state index in [1.807, 2.05) is 0 Å². The van der Waals surface area contributed by atoms with E-state index in [2.05, 4.69) is 5.32 Å². The van der Waals surface area contributed by atoms with Crippen molar-refractivity contribution in [1.29, 1.82) is 0 Å². The normalized spacial score (nSPS) is 10.2. The minimum Gasteiger partial charge on any atom is -0.493 e. The summed E-state index contributed by atoms with van der Waals surface area (Å²) in [6.07, 6.45) is 0.612. The van der Waals surface area contributed by atoms with Crippen molar-refractivity contribution in [3.05, 3.63) is 64.2 Å². The third-order valence-electron chi connectivity index (χ3n) is 3.45.